The van der Waals surface area contributed by atoms with Crippen molar-refractivity contribution in [3.8, 4) is 0 Å². The van der Waals surface area contributed by atoms with E-state index in [1.54, 1.807) is 12.4 Å². The third-order valence-electron chi connectivity index (χ3n) is 4.57. The van der Waals surface area contributed by atoms with Crippen LogP contribution in [0.1, 0.15) is 10.4 Å². The average molecular weight is 439 g/mol. The summed E-state index contributed by atoms with van der Waals surface area (Å²) in [6.45, 7) is 2.77. The van der Waals surface area contributed by atoms with Gasteiger partial charge in [0.2, 0.25) is 0 Å². The largest absolute Gasteiger partial charge is 0.352 e. The SMILES string of the molecule is O=C(c1cccc(Br)c1)N1CCN(c2ccc(Nc3ccncc3)nn2)CC1. The Morgan fingerprint density at radius 2 is 1.75 bits per heavy atom. The number of halogens is 1. The summed E-state index contributed by atoms with van der Waals surface area (Å²) < 4.78 is 0.910. The van der Waals surface area contributed by atoms with Crippen molar-refractivity contribution in [2.24, 2.45) is 0 Å². The molecule has 1 saturated heterocycles. The van der Waals surface area contributed by atoms with Gasteiger partial charge < -0.3 is 15.1 Å². The van der Waals surface area contributed by atoms with Crippen LogP contribution in [0.3, 0.4) is 0 Å². The third kappa shape index (κ3) is 4.28. The van der Waals surface area contributed by atoms with Crippen molar-refractivity contribution in [2.45, 2.75) is 0 Å². The number of aromatic nitrogens is 3. The molecule has 1 aliphatic rings. The van der Waals surface area contributed by atoms with Crippen LogP contribution in [0.2, 0.25) is 0 Å². The summed E-state index contributed by atoms with van der Waals surface area (Å²) in [6.07, 6.45) is 3.44. The fraction of sp³-hybridized carbons (Fsp3) is 0.200. The van der Waals surface area contributed by atoms with Crippen molar-refractivity contribution in [2.75, 3.05) is 36.4 Å². The molecule has 0 atom stereocenters. The van der Waals surface area contributed by atoms with Crippen LogP contribution in [0.5, 0.6) is 0 Å². The molecule has 7 nitrogen and oxygen atoms in total. The third-order valence-corrected chi connectivity index (χ3v) is 5.06. The van der Waals surface area contributed by atoms with Gasteiger partial charge in [0.15, 0.2) is 11.6 Å². The van der Waals surface area contributed by atoms with Crippen molar-refractivity contribution >= 4 is 39.2 Å². The fourth-order valence-electron chi connectivity index (χ4n) is 3.09. The van der Waals surface area contributed by atoms with Gasteiger partial charge in [-0.2, -0.15) is 0 Å². The first-order chi connectivity index (χ1) is 13.7. The monoisotopic (exact) mass is 438 g/mol. The lowest BCUT2D eigenvalue weighted by atomic mass is 10.2. The number of nitrogens with one attached hydrogen (secondary N) is 1. The highest BCUT2D eigenvalue weighted by Crippen LogP contribution is 2.19. The van der Waals surface area contributed by atoms with E-state index in [-0.39, 0.29) is 5.91 Å². The second kappa shape index (κ2) is 8.35. The number of carbonyl (C=O) groups excluding carboxylic acids is 1. The van der Waals surface area contributed by atoms with Gasteiger partial charge in [-0.15, -0.1) is 10.2 Å². The van der Waals surface area contributed by atoms with E-state index in [1.165, 1.54) is 0 Å². The van der Waals surface area contributed by atoms with Crippen LogP contribution in [0, 0.1) is 0 Å². The smallest absolute Gasteiger partial charge is 0.254 e. The van der Waals surface area contributed by atoms with Crippen molar-refractivity contribution in [3.63, 3.8) is 0 Å². The normalized spacial score (nSPS) is 14.0. The molecule has 1 amide bonds. The molecule has 0 saturated carbocycles. The molecule has 28 heavy (non-hydrogen) atoms. The minimum atomic E-state index is 0.0592. The number of benzene rings is 1. The van der Waals surface area contributed by atoms with Crippen LogP contribution in [-0.2, 0) is 0 Å². The molecule has 142 valence electrons. The lowest BCUT2D eigenvalue weighted by Crippen LogP contribution is -2.49. The maximum atomic E-state index is 12.7. The highest BCUT2D eigenvalue weighted by molar-refractivity contribution is 9.10. The van der Waals surface area contributed by atoms with E-state index in [0.29, 0.717) is 24.5 Å². The Morgan fingerprint density at radius 3 is 2.43 bits per heavy atom. The average Bonchev–Trinajstić information content (AvgIpc) is 2.75. The summed E-state index contributed by atoms with van der Waals surface area (Å²) in [5.74, 6) is 1.55. The molecule has 0 spiro atoms. The van der Waals surface area contributed by atoms with Crippen molar-refractivity contribution < 1.29 is 4.79 Å². The van der Waals surface area contributed by atoms with Gasteiger partial charge >= 0.3 is 0 Å². The molecule has 8 heteroatoms. The quantitative estimate of drug-likeness (QED) is 0.673. The van der Waals surface area contributed by atoms with Gasteiger partial charge in [-0.05, 0) is 42.5 Å². The van der Waals surface area contributed by atoms with E-state index < -0.39 is 0 Å². The molecule has 1 N–H and O–H groups in total. The van der Waals surface area contributed by atoms with E-state index in [2.05, 4.69) is 41.3 Å². The highest BCUT2D eigenvalue weighted by Gasteiger charge is 2.23. The minimum Gasteiger partial charge on any atom is -0.352 e. The second-order valence-electron chi connectivity index (χ2n) is 6.43. The molecule has 1 aliphatic heterocycles. The summed E-state index contributed by atoms with van der Waals surface area (Å²) in [4.78, 5) is 20.7. The highest BCUT2D eigenvalue weighted by atomic mass is 79.9. The number of nitrogens with zero attached hydrogens (tertiary/aromatic N) is 5. The number of rotatable bonds is 4. The summed E-state index contributed by atoms with van der Waals surface area (Å²) >= 11 is 3.42. The van der Waals surface area contributed by atoms with Gasteiger partial charge in [0.25, 0.3) is 5.91 Å². The zero-order chi connectivity index (χ0) is 19.3. The molecule has 2 aromatic heterocycles. The maximum absolute atomic E-state index is 12.7. The Labute approximate surface area is 171 Å². The van der Waals surface area contributed by atoms with E-state index >= 15 is 0 Å². The zero-order valence-corrected chi connectivity index (χ0v) is 16.7. The first-order valence-corrected chi connectivity index (χ1v) is 9.79. The Morgan fingerprint density at radius 1 is 0.964 bits per heavy atom. The zero-order valence-electron chi connectivity index (χ0n) is 15.1. The number of pyridine rings is 1. The van der Waals surface area contributed by atoms with E-state index in [4.69, 9.17) is 0 Å². The number of piperazine rings is 1. The van der Waals surface area contributed by atoms with E-state index in [9.17, 15) is 4.79 Å². The van der Waals surface area contributed by atoms with Gasteiger partial charge in [-0.25, -0.2) is 0 Å². The molecular formula is C20H19BrN6O. The number of carbonyl (C=O) groups is 1. The van der Waals surface area contributed by atoms with Gasteiger partial charge in [0.1, 0.15) is 0 Å². The summed E-state index contributed by atoms with van der Waals surface area (Å²) in [6, 6.07) is 15.1. The van der Waals surface area contributed by atoms with Gasteiger partial charge in [-0.1, -0.05) is 22.0 Å². The van der Waals surface area contributed by atoms with Gasteiger partial charge in [-0.3, -0.25) is 9.78 Å². The summed E-state index contributed by atoms with van der Waals surface area (Å²) in [7, 11) is 0. The van der Waals surface area contributed by atoms with Crippen molar-refractivity contribution in [1.82, 2.24) is 20.1 Å². The molecule has 1 aromatic carbocycles. The van der Waals surface area contributed by atoms with Gasteiger partial charge in [0, 0.05) is 54.3 Å². The Hall–Kier alpha value is -3.00. The molecule has 0 radical (unpaired) electrons. The first kappa shape index (κ1) is 18.4. The molecule has 1 fully saturated rings. The van der Waals surface area contributed by atoms with Crippen LogP contribution in [-0.4, -0.2) is 52.2 Å². The number of hydrogen-bond donors (Lipinski definition) is 1. The van der Waals surface area contributed by atoms with Crippen molar-refractivity contribution in [1.29, 1.82) is 0 Å². The number of hydrogen-bond acceptors (Lipinski definition) is 6. The van der Waals surface area contributed by atoms with E-state index in [0.717, 1.165) is 29.1 Å². The molecule has 0 aliphatic carbocycles. The molecule has 3 heterocycles. The standard InChI is InChI=1S/C20H19BrN6O/c21-16-3-1-2-15(14-16)20(28)27-12-10-26(11-13-27)19-5-4-18(24-25-19)23-17-6-8-22-9-7-17/h1-9,14H,10-13H2,(H,22,23,24). The number of amides is 1. The Bertz CT molecular complexity index is 942. The maximum Gasteiger partial charge on any atom is 0.254 e. The lowest BCUT2D eigenvalue weighted by Gasteiger charge is -2.35. The molecular weight excluding hydrogens is 420 g/mol. The first-order valence-electron chi connectivity index (χ1n) is 8.99. The molecule has 0 unspecified atom stereocenters. The van der Waals surface area contributed by atoms with Crippen molar-refractivity contribution in [3.05, 3.63) is 71.0 Å². The molecule has 4 rings (SSSR count). The van der Waals surface area contributed by atoms with E-state index in [1.807, 2.05) is 53.4 Å². The van der Waals surface area contributed by atoms with Crippen LogP contribution < -0.4 is 10.2 Å². The molecule has 3 aromatic rings. The topological polar surface area (TPSA) is 74.2 Å². The van der Waals surface area contributed by atoms with Crippen LogP contribution >= 0.6 is 15.9 Å². The second-order valence-corrected chi connectivity index (χ2v) is 7.34. The predicted molar refractivity (Wildman–Crippen MR) is 112 cm³/mol. The van der Waals surface area contributed by atoms with Crippen LogP contribution in [0.4, 0.5) is 17.3 Å². The Balaban J connectivity index is 1.35. The summed E-state index contributed by atoms with van der Waals surface area (Å²) in [5.41, 5.74) is 1.62. The fourth-order valence-corrected chi connectivity index (χ4v) is 3.49. The van der Waals surface area contributed by atoms with Gasteiger partial charge in [0.05, 0.1) is 0 Å². The Kier molecular flexibility index (Phi) is 5.48. The molecule has 0 bridgehead atoms. The predicted octanol–water partition coefficient (Wildman–Crippen LogP) is 3.34. The minimum absolute atomic E-state index is 0.0592. The summed E-state index contributed by atoms with van der Waals surface area (Å²) in [5, 5.41) is 11.8. The number of anilines is 3. The van der Waals surface area contributed by atoms with Crippen LogP contribution in [0.25, 0.3) is 0 Å². The van der Waals surface area contributed by atoms with Crippen LogP contribution in [0.15, 0.2) is 65.4 Å². The lowest BCUT2D eigenvalue weighted by molar-refractivity contribution is 0.0746.